The van der Waals surface area contributed by atoms with Crippen LogP contribution in [0.1, 0.15) is 10.4 Å². The Kier molecular flexibility index (Phi) is 7.94. The molecule has 0 radical (unpaired) electrons. The van der Waals surface area contributed by atoms with Gasteiger partial charge in [0.2, 0.25) is 10.0 Å². The van der Waals surface area contributed by atoms with Crippen LogP contribution >= 0.6 is 22.9 Å². The van der Waals surface area contributed by atoms with E-state index >= 15 is 0 Å². The smallest absolute Gasteiger partial charge is 0.260 e. The normalized spacial score (nSPS) is 15.0. The van der Waals surface area contributed by atoms with E-state index in [0.717, 1.165) is 4.70 Å². The highest BCUT2D eigenvalue weighted by Gasteiger charge is 2.28. The minimum absolute atomic E-state index is 0.146. The zero-order valence-corrected chi connectivity index (χ0v) is 22.1. The average Bonchev–Trinajstić information content (AvgIpc) is 3.31. The topological polar surface area (TPSA) is 92.3 Å². The number of anilines is 1. The first kappa shape index (κ1) is 25.8. The van der Waals surface area contributed by atoms with Gasteiger partial charge < -0.3 is 14.4 Å². The maximum Gasteiger partial charge on any atom is 0.260 e. The molecule has 2 heterocycles. The van der Waals surface area contributed by atoms with Gasteiger partial charge in [0.25, 0.3) is 5.91 Å². The van der Waals surface area contributed by atoms with Gasteiger partial charge in [-0.1, -0.05) is 22.9 Å². The Morgan fingerprint density at radius 2 is 1.83 bits per heavy atom. The lowest BCUT2D eigenvalue weighted by atomic mass is 10.2. The molecule has 3 aromatic rings. The third-order valence-corrected chi connectivity index (χ3v) is 9.07. The summed E-state index contributed by atoms with van der Waals surface area (Å²) in [5.41, 5.74) is 0.955. The van der Waals surface area contributed by atoms with Gasteiger partial charge in [-0.25, -0.2) is 13.4 Å². The minimum atomic E-state index is -3.65. The van der Waals surface area contributed by atoms with Crippen molar-refractivity contribution in [3.63, 3.8) is 0 Å². The standard InChI is InChI=1S/C23H27ClN4O5S2/c1-26(2)10-11-28(23-25-20-19(32-3)9-8-18(24)21(20)34-23)22(29)16-4-6-17(7-5-16)35(30,31)27-12-14-33-15-13-27/h4-9H,10-15H2,1-3H3. The van der Waals surface area contributed by atoms with Crippen LogP contribution < -0.4 is 9.64 Å². The summed E-state index contributed by atoms with van der Waals surface area (Å²) in [7, 11) is 1.76. The maximum atomic E-state index is 13.6. The second-order valence-electron chi connectivity index (χ2n) is 8.22. The SMILES string of the molecule is COc1ccc(Cl)c2sc(N(CCN(C)C)C(=O)c3ccc(S(=O)(=O)N4CCOCC4)cc3)nc12. The molecule has 1 fully saturated rings. The molecule has 12 heteroatoms. The number of carbonyl (C=O) groups excluding carboxylic acids is 1. The van der Waals surface area contributed by atoms with Crippen molar-refractivity contribution in [2.75, 3.05) is 65.5 Å². The van der Waals surface area contributed by atoms with Gasteiger partial charge in [0.05, 0.1) is 34.9 Å². The molecule has 0 saturated carbocycles. The summed E-state index contributed by atoms with van der Waals surface area (Å²) in [6.07, 6.45) is 0. The number of amides is 1. The van der Waals surface area contributed by atoms with Crippen LogP contribution in [-0.4, -0.2) is 89.1 Å². The number of nitrogens with zero attached hydrogens (tertiary/aromatic N) is 4. The summed E-state index contributed by atoms with van der Waals surface area (Å²) in [4.78, 5) is 21.9. The fourth-order valence-electron chi connectivity index (χ4n) is 3.67. The fraction of sp³-hybridized carbons (Fsp3) is 0.391. The minimum Gasteiger partial charge on any atom is -0.494 e. The quantitative estimate of drug-likeness (QED) is 0.435. The number of likely N-dealkylation sites (N-methyl/N-ethyl adjacent to an activating group) is 1. The van der Waals surface area contributed by atoms with E-state index in [9.17, 15) is 13.2 Å². The van der Waals surface area contributed by atoms with E-state index in [1.807, 2.05) is 19.0 Å². The summed E-state index contributed by atoms with van der Waals surface area (Å²) < 4.78 is 38.7. The molecule has 0 bridgehead atoms. The van der Waals surface area contributed by atoms with Gasteiger partial charge in [-0.2, -0.15) is 4.31 Å². The number of benzene rings is 2. The maximum absolute atomic E-state index is 13.6. The van der Waals surface area contributed by atoms with Gasteiger partial charge in [0.15, 0.2) is 5.13 Å². The van der Waals surface area contributed by atoms with Crippen LogP contribution in [0.2, 0.25) is 5.02 Å². The van der Waals surface area contributed by atoms with Crippen molar-refractivity contribution in [2.45, 2.75) is 4.90 Å². The van der Waals surface area contributed by atoms with E-state index in [2.05, 4.69) is 4.98 Å². The summed E-state index contributed by atoms with van der Waals surface area (Å²) in [6.45, 7) is 2.35. The first-order chi connectivity index (χ1) is 16.7. The number of sulfonamides is 1. The van der Waals surface area contributed by atoms with Gasteiger partial charge in [0, 0.05) is 31.7 Å². The summed E-state index contributed by atoms with van der Waals surface area (Å²) in [6, 6.07) is 9.51. The molecule has 1 aliphatic heterocycles. The Balaban J connectivity index is 1.65. The lowest BCUT2D eigenvalue weighted by Crippen LogP contribution is -2.40. The second kappa shape index (κ2) is 10.8. The predicted octanol–water partition coefficient (Wildman–Crippen LogP) is 3.19. The van der Waals surface area contributed by atoms with Crippen molar-refractivity contribution in [2.24, 2.45) is 0 Å². The third-order valence-electron chi connectivity index (χ3n) is 5.62. The number of morpholine rings is 1. The number of ether oxygens (including phenoxy) is 2. The molecule has 4 rings (SSSR count). The summed E-state index contributed by atoms with van der Waals surface area (Å²) >= 11 is 7.70. The molecule has 188 valence electrons. The number of rotatable bonds is 8. The van der Waals surface area contributed by atoms with Crippen molar-refractivity contribution in [3.8, 4) is 5.75 Å². The number of hydrogen-bond acceptors (Lipinski definition) is 8. The van der Waals surface area contributed by atoms with Crippen LogP contribution in [0.25, 0.3) is 10.2 Å². The molecule has 1 aromatic heterocycles. The number of methoxy groups -OCH3 is 1. The highest BCUT2D eigenvalue weighted by Crippen LogP contribution is 2.39. The van der Waals surface area contributed by atoms with E-state index in [0.29, 0.717) is 66.4 Å². The molecule has 0 atom stereocenters. The Labute approximate surface area is 213 Å². The number of fused-ring (bicyclic) bond motifs is 1. The monoisotopic (exact) mass is 538 g/mol. The molecule has 1 saturated heterocycles. The van der Waals surface area contributed by atoms with Crippen molar-refractivity contribution < 1.29 is 22.7 Å². The van der Waals surface area contributed by atoms with E-state index in [4.69, 9.17) is 21.1 Å². The largest absolute Gasteiger partial charge is 0.494 e. The number of halogens is 1. The number of aromatic nitrogens is 1. The van der Waals surface area contributed by atoms with Crippen molar-refractivity contribution in [1.82, 2.24) is 14.2 Å². The molecular weight excluding hydrogens is 512 g/mol. The highest BCUT2D eigenvalue weighted by molar-refractivity contribution is 7.89. The van der Waals surface area contributed by atoms with Crippen LogP contribution in [0.3, 0.4) is 0 Å². The molecule has 0 aliphatic carbocycles. The molecule has 2 aromatic carbocycles. The van der Waals surface area contributed by atoms with Crippen molar-refractivity contribution >= 4 is 54.2 Å². The molecule has 1 aliphatic rings. The Bertz CT molecular complexity index is 1310. The number of thiazole rings is 1. The first-order valence-electron chi connectivity index (χ1n) is 11.0. The summed E-state index contributed by atoms with van der Waals surface area (Å²) in [5, 5.41) is 1.02. The van der Waals surface area contributed by atoms with Gasteiger partial charge >= 0.3 is 0 Å². The van der Waals surface area contributed by atoms with Gasteiger partial charge in [-0.05, 0) is 50.5 Å². The molecular formula is C23H27ClN4O5S2. The van der Waals surface area contributed by atoms with Crippen LogP contribution in [-0.2, 0) is 14.8 Å². The fourth-order valence-corrected chi connectivity index (χ4v) is 6.36. The first-order valence-corrected chi connectivity index (χ1v) is 13.6. The van der Waals surface area contributed by atoms with Gasteiger partial charge in [-0.3, -0.25) is 9.69 Å². The lowest BCUT2D eigenvalue weighted by Gasteiger charge is -2.26. The molecule has 0 spiro atoms. The van der Waals surface area contributed by atoms with E-state index < -0.39 is 10.0 Å². The van der Waals surface area contributed by atoms with E-state index in [1.165, 1.54) is 27.8 Å². The summed E-state index contributed by atoms with van der Waals surface area (Å²) in [5.74, 6) is 0.292. The average molecular weight is 539 g/mol. The zero-order chi connectivity index (χ0) is 25.2. The Morgan fingerprint density at radius 3 is 2.46 bits per heavy atom. The molecule has 0 N–H and O–H groups in total. The predicted molar refractivity (Wildman–Crippen MR) is 137 cm³/mol. The molecule has 9 nitrogen and oxygen atoms in total. The molecule has 35 heavy (non-hydrogen) atoms. The van der Waals surface area contributed by atoms with Crippen molar-refractivity contribution in [1.29, 1.82) is 0 Å². The number of hydrogen-bond donors (Lipinski definition) is 0. The van der Waals surface area contributed by atoms with E-state index in [-0.39, 0.29) is 10.8 Å². The van der Waals surface area contributed by atoms with E-state index in [1.54, 1.807) is 36.3 Å². The Morgan fingerprint density at radius 1 is 1.14 bits per heavy atom. The highest BCUT2D eigenvalue weighted by atomic mass is 35.5. The van der Waals surface area contributed by atoms with Crippen LogP contribution in [0.5, 0.6) is 5.75 Å². The van der Waals surface area contributed by atoms with Crippen LogP contribution in [0.4, 0.5) is 5.13 Å². The van der Waals surface area contributed by atoms with Crippen LogP contribution in [0.15, 0.2) is 41.3 Å². The van der Waals surface area contributed by atoms with Crippen LogP contribution in [0, 0.1) is 0 Å². The lowest BCUT2D eigenvalue weighted by molar-refractivity contribution is 0.0730. The van der Waals surface area contributed by atoms with Gasteiger partial charge in [0.1, 0.15) is 11.3 Å². The molecule has 1 amide bonds. The van der Waals surface area contributed by atoms with Gasteiger partial charge in [-0.15, -0.1) is 0 Å². The zero-order valence-electron chi connectivity index (χ0n) is 19.7. The number of carbonyl (C=O) groups is 1. The van der Waals surface area contributed by atoms with Crippen molar-refractivity contribution in [3.05, 3.63) is 47.0 Å². The molecule has 0 unspecified atom stereocenters. The third kappa shape index (κ3) is 5.45. The Hall–Kier alpha value is -2.28. The second-order valence-corrected chi connectivity index (χ2v) is 11.5.